The maximum Gasteiger partial charge on any atom is 0.353 e. The van der Waals surface area contributed by atoms with Crippen LogP contribution in [0.15, 0.2) is 96.7 Å². The zero-order valence-corrected chi connectivity index (χ0v) is 17.8. The molecule has 0 aliphatic carbocycles. The van der Waals surface area contributed by atoms with Gasteiger partial charge in [0, 0.05) is 10.9 Å². The van der Waals surface area contributed by atoms with E-state index in [1.165, 1.54) is 0 Å². The number of carboxylic acids is 1. The van der Waals surface area contributed by atoms with Crippen LogP contribution in [0.3, 0.4) is 0 Å². The van der Waals surface area contributed by atoms with E-state index in [0.29, 0.717) is 10.9 Å². The van der Waals surface area contributed by atoms with E-state index in [4.69, 9.17) is 4.52 Å². The zero-order valence-electron chi connectivity index (χ0n) is 16.9. The highest BCUT2D eigenvalue weighted by molar-refractivity contribution is 7.77. The van der Waals surface area contributed by atoms with Crippen molar-refractivity contribution in [2.75, 3.05) is 6.61 Å². The van der Waals surface area contributed by atoms with Gasteiger partial charge in [0.15, 0.2) is 0 Å². The molecule has 0 bridgehead atoms. The minimum Gasteiger partial charge on any atom is -0.477 e. The molecule has 6 nitrogen and oxygen atoms in total. The fourth-order valence-corrected chi connectivity index (χ4v) is 5.52. The number of carboxylic acid groups (broad SMARTS) is 1. The Kier molecular flexibility index (Phi) is 7.19. The lowest BCUT2D eigenvalue weighted by molar-refractivity contribution is -0.132. The van der Waals surface area contributed by atoms with Crippen LogP contribution in [-0.4, -0.2) is 23.6 Å². The highest BCUT2D eigenvalue weighted by atomic mass is 31.2. The highest BCUT2D eigenvalue weighted by Gasteiger charge is 2.37. The molecular weight excluding hydrogens is 413 g/mol. The Morgan fingerprint density at radius 1 is 0.839 bits per heavy atom. The summed E-state index contributed by atoms with van der Waals surface area (Å²) in [4.78, 5) is 25.1. The predicted molar refractivity (Wildman–Crippen MR) is 120 cm³/mol. The number of carbonyl (C=O) groups excluding carboxylic acids is 1. The number of amides is 1. The number of hydrogen-bond donors (Lipinski definition) is 2. The molecular formula is C24H22NO5P. The van der Waals surface area contributed by atoms with Gasteiger partial charge < -0.3 is 14.9 Å². The molecule has 3 aromatic rings. The number of hydrogen-bond acceptors (Lipinski definition) is 4. The van der Waals surface area contributed by atoms with Crippen LogP contribution >= 0.6 is 7.37 Å². The summed E-state index contributed by atoms with van der Waals surface area (Å²) >= 11 is 0. The first kappa shape index (κ1) is 22.2. The second-order valence-electron chi connectivity index (χ2n) is 6.52. The van der Waals surface area contributed by atoms with Crippen LogP contribution in [0.5, 0.6) is 0 Å². The molecule has 0 fully saturated rings. The molecule has 0 radical (unpaired) electrons. The normalized spacial score (nSPS) is 13.6. The maximum atomic E-state index is 14.3. The fraction of sp³-hybridized carbons (Fsp3) is 0.0833. The molecule has 3 rings (SSSR count). The summed E-state index contributed by atoms with van der Waals surface area (Å²) in [6, 6.07) is 25.1. The lowest BCUT2D eigenvalue weighted by atomic mass is 10.1. The minimum absolute atomic E-state index is 0.0714. The molecule has 0 spiro atoms. The van der Waals surface area contributed by atoms with Crippen molar-refractivity contribution in [3.05, 3.63) is 108 Å². The quantitative estimate of drug-likeness (QED) is 0.401. The van der Waals surface area contributed by atoms with Gasteiger partial charge >= 0.3 is 5.97 Å². The van der Waals surface area contributed by atoms with E-state index in [-0.39, 0.29) is 17.5 Å². The van der Waals surface area contributed by atoms with Gasteiger partial charge in [0.1, 0.15) is 5.70 Å². The van der Waals surface area contributed by atoms with Gasteiger partial charge in [-0.15, -0.1) is 0 Å². The first-order valence-corrected chi connectivity index (χ1v) is 11.3. The molecule has 0 aliphatic rings. The number of nitrogens with one attached hydrogen (secondary N) is 1. The average Bonchev–Trinajstić information content (AvgIpc) is 2.80. The van der Waals surface area contributed by atoms with Gasteiger partial charge in [-0.2, -0.15) is 0 Å². The third-order valence-corrected chi connectivity index (χ3v) is 7.14. The van der Waals surface area contributed by atoms with Crippen molar-refractivity contribution in [3.63, 3.8) is 0 Å². The monoisotopic (exact) mass is 435 g/mol. The Bertz CT molecular complexity index is 1130. The van der Waals surface area contributed by atoms with Crippen LogP contribution in [0.25, 0.3) is 5.31 Å². The van der Waals surface area contributed by atoms with Crippen LogP contribution in [0, 0.1) is 0 Å². The molecule has 0 heterocycles. The Hall–Kier alpha value is -3.47. The van der Waals surface area contributed by atoms with E-state index in [9.17, 15) is 19.3 Å². The molecule has 0 aliphatic heterocycles. The standard InChI is InChI=1S/C24H22NO5P/c1-2-30-31(29,20-16-10-5-11-17-20)22(18-12-6-3-7-13-18)21(24(27)28)25-23(26)19-14-8-4-9-15-19/h3-17H,2H2,1H3,(H,25,26)(H,27,28)/b22-21-. The van der Waals surface area contributed by atoms with Gasteiger partial charge in [0.05, 0.1) is 11.9 Å². The Balaban J connectivity index is 2.27. The van der Waals surface area contributed by atoms with Crippen molar-refractivity contribution >= 4 is 29.9 Å². The zero-order chi connectivity index (χ0) is 22.3. The second kappa shape index (κ2) is 10.0. The van der Waals surface area contributed by atoms with E-state index in [2.05, 4.69) is 5.32 Å². The maximum absolute atomic E-state index is 14.3. The molecule has 1 amide bonds. The first-order chi connectivity index (χ1) is 15.0. The molecule has 0 saturated carbocycles. The molecule has 158 valence electrons. The molecule has 3 aromatic carbocycles. The van der Waals surface area contributed by atoms with E-state index >= 15 is 0 Å². The van der Waals surface area contributed by atoms with Crippen molar-refractivity contribution in [1.82, 2.24) is 5.32 Å². The summed E-state index contributed by atoms with van der Waals surface area (Å²) < 4.78 is 20.0. The molecule has 1 atom stereocenters. The van der Waals surface area contributed by atoms with Crippen LogP contribution in [-0.2, 0) is 13.9 Å². The van der Waals surface area contributed by atoms with Crippen LogP contribution < -0.4 is 10.6 Å². The summed E-state index contributed by atoms with van der Waals surface area (Å²) in [5.41, 5.74) is 0.175. The first-order valence-electron chi connectivity index (χ1n) is 9.67. The summed E-state index contributed by atoms with van der Waals surface area (Å²) in [6.07, 6.45) is 0. The summed E-state index contributed by atoms with van der Waals surface area (Å²) in [7, 11) is -3.88. The predicted octanol–water partition coefficient (Wildman–Crippen LogP) is 4.51. The Morgan fingerprint density at radius 2 is 1.32 bits per heavy atom. The van der Waals surface area contributed by atoms with E-state index in [1.54, 1.807) is 97.9 Å². The molecule has 1 unspecified atom stereocenters. The summed E-state index contributed by atoms with van der Waals surface area (Å²) in [5, 5.41) is 12.7. The van der Waals surface area contributed by atoms with Crippen molar-refractivity contribution in [2.45, 2.75) is 6.92 Å². The largest absolute Gasteiger partial charge is 0.477 e. The van der Waals surface area contributed by atoms with Gasteiger partial charge in [-0.1, -0.05) is 66.7 Å². The van der Waals surface area contributed by atoms with Crippen LogP contribution in [0.2, 0.25) is 0 Å². The van der Waals surface area contributed by atoms with Gasteiger partial charge in [-0.25, -0.2) is 4.79 Å². The van der Waals surface area contributed by atoms with Crippen molar-refractivity contribution < 1.29 is 23.8 Å². The third kappa shape index (κ3) is 5.00. The number of rotatable bonds is 8. The smallest absolute Gasteiger partial charge is 0.353 e. The average molecular weight is 435 g/mol. The molecule has 2 N–H and O–H groups in total. The van der Waals surface area contributed by atoms with E-state index in [1.807, 2.05) is 0 Å². The van der Waals surface area contributed by atoms with Crippen LogP contribution in [0.1, 0.15) is 22.8 Å². The van der Waals surface area contributed by atoms with Gasteiger partial charge in [-0.3, -0.25) is 9.36 Å². The van der Waals surface area contributed by atoms with E-state index < -0.39 is 24.9 Å². The van der Waals surface area contributed by atoms with Crippen LogP contribution in [0.4, 0.5) is 0 Å². The minimum atomic E-state index is -3.88. The SMILES string of the molecule is CCOP(=O)(/C(=C(\NC(=O)c1ccccc1)C(=O)O)c1ccccc1)c1ccccc1. The summed E-state index contributed by atoms with van der Waals surface area (Å²) in [6.45, 7) is 1.77. The highest BCUT2D eigenvalue weighted by Crippen LogP contribution is 2.59. The topological polar surface area (TPSA) is 92.7 Å². The number of benzene rings is 3. The Morgan fingerprint density at radius 3 is 1.81 bits per heavy atom. The fourth-order valence-electron chi connectivity index (χ4n) is 3.12. The third-order valence-electron chi connectivity index (χ3n) is 4.47. The second-order valence-corrected chi connectivity index (χ2v) is 8.84. The van der Waals surface area contributed by atoms with Crippen molar-refractivity contribution in [1.29, 1.82) is 0 Å². The molecule has 0 saturated heterocycles. The van der Waals surface area contributed by atoms with Crippen molar-refractivity contribution in [2.24, 2.45) is 0 Å². The van der Waals surface area contributed by atoms with Gasteiger partial charge in [0.25, 0.3) is 13.3 Å². The van der Waals surface area contributed by atoms with E-state index in [0.717, 1.165) is 0 Å². The molecule has 31 heavy (non-hydrogen) atoms. The Labute approximate surface area is 180 Å². The lowest BCUT2D eigenvalue weighted by Crippen LogP contribution is -2.29. The summed E-state index contributed by atoms with van der Waals surface area (Å²) in [5.74, 6) is -2.04. The molecule has 0 aromatic heterocycles. The van der Waals surface area contributed by atoms with Gasteiger partial charge in [-0.05, 0) is 36.8 Å². The van der Waals surface area contributed by atoms with Crippen molar-refractivity contribution in [3.8, 4) is 0 Å². The number of aliphatic carboxylic acids is 1. The number of carbonyl (C=O) groups is 2. The lowest BCUT2D eigenvalue weighted by Gasteiger charge is -2.24. The molecule has 7 heteroatoms. The van der Waals surface area contributed by atoms with Gasteiger partial charge in [0.2, 0.25) is 0 Å².